The van der Waals surface area contributed by atoms with Crippen LogP contribution in [0.5, 0.6) is 0 Å². The maximum Gasteiger partial charge on any atom is 0.243 e. The Morgan fingerprint density at radius 3 is 2.50 bits per heavy atom. The second-order valence-electron chi connectivity index (χ2n) is 5.64. The molecule has 2 unspecified atom stereocenters. The molecule has 1 aromatic rings. The first kappa shape index (κ1) is 15.8. The standard InChI is InChI=1S/C14H20N2O2S.ClH/c1-11-2-4-14(5-3-11)19(17,18)16-7-6-12-8-15-9-13(12)10-16;/h2-5,12-13,15H,6-10H2,1H3;1H. The van der Waals surface area contributed by atoms with Crippen LogP contribution in [0.15, 0.2) is 29.2 Å². The van der Waals surface area contributed by atoms with Gasteiger partial charge < -0.3 is 5.32 Å². The highest BCUT2D eigenvalue weighted by Crippen LogP contribution is 2.30. The average molecular weight is 317 g/mol. The van der Waals surface area contributed by atoms with E-state index in [1.54, 1.807) is 16.4 Å². The van der Waals surface area contributed by atoms with E-state index in [-0.39, 0.29) is 12.4 Å². The Morgan fingerprint density at radius 1 is 1.15 bits per heavy atom. The van der Waals surface area contributed by atoms with Crippen LogP contribution in [0, 0.1) is 18.8 Å². The number of fused-ring (bicyclic) bond motifs is 1. The lowest BCUT2D eigenvalue weighted by Gasteiger charge is -2.33. The normalized spacial score (nSPS) is 26.9. The Bertz CT molecular complexity index is 559. The number of nitrogens with one attached hydrogen (secondary N) is 1. The zero-order valence-corrected chi connectivity index (χ0v) is 13.2. The van der Waals surface area contributed by atoms with Gasteiger partial charge in [-0.05, 0) is 50.4 Å². The number of nitrogens with zero attached hydrogens (tertiary/aromatic N) is 1. The van der Waals surface area contributed by atoms with Crippen LogP contribution in [0.25, 0.3) is 0 Å². The van der Waals surface area contributed by atoms with Crippen molar-refractivity contribution in [2.24, 2.45) is 11.8 Å². The fraction of sp³-hybridized carbons (Fsp3) is 0.571. The summed E-state index contributed by atoms with van der Waals surface area (Å²) >= 11 is 0. The maximum atomic E-state index is 12.6. The Hall–Kier alpha value is -0.620. The van der Waals surface area contributed by atoms with Crippen LogP contribution in [0.3, 0.4) is 0 Å². The van der Waals surface area contributed by atoms with Crippen molar-refractivity contribution in [3.05, 3.63) is 29.8 Å². The van der Waals surface area contributed by atoms with Gasteiger partial charge in [-0.1, -0.05) is 17.7 Å². The highest BCUT2D eigenvalue weighted by atomic mass is 35.5. The van der Waals surface area contributed by atoms with E-state index in [0.717, 1.165) is 25.1 Å². The van der Waals surface area contributed by atoms with E-state index in [1.807, 2.05) is 19.1 Å². The van der Waals surface area contributed by atoms with E-state index >= 15 is 0 Å². The molecule has 0 aromatic heterocycles. The van der Waals surface area contributed by atoms with Gasteiger partial charge in [0.1, 0.15) is 0 Å². The van der Waals surface area contributed by atoms with Crippen LogP contribution >= 0.6 is 12.4 Å². The Morgan fingerprint density at radius 2 is 1.80 bits per heavy atom. The SMILES string of the molecule is Cc1ccc(S(=O)(=O)N2CCC3CNCC3C2)cc1.Cl. The molecule has 2 fully saturated rings. The smallest absolute Gasteiger partial charge is 0.243 e. The molecule has 6 heteroatoms. The summed E-state index contributed by atoms with van der Waals surface area (Å²) in [6.45, 7) is 5.27. The van der Waals surface area contributed by atoms with Crippen molar-refractivity contribution in [3.63, 3.8) is 0 Å². The van der Waals surface area contributed by atoms with Gasteiger partial charge in [0.25, 0.3) is 0 Å². The Kier molecular flexibility index (Phi) is 4.74. The number of aryl methyl sites for hydroxylation is 1. The molecule has 0 aliphatic carbocycles. The van der Waals surface area contributed by atoms with Crippen LogP contribution in [0.2, 0.25) is 0 Å². The van der Waals surface area contributed by atoms with E-state index in [4.69, 9.17) is 0 Å². The molecule has 2 heterocycles. The van der Waals surface area contributed by atoms with E-state index in [1.165, 1.54) is 0 Å². The third-order valence-electron chi connectivity index (χ3n) is 4.33. The van der Waals surface area contributed by atoms with E-state index in [9.17, 15) is 8.42 Å². The monoisotopic (exact) mass is 316 g/mol. The summed E-state index contributed by atoms with van der Waals surface area (Å²) in [4.78, 5) is 0.419. The van der Waals surface area contributed by atoms with Gasteiger partial charge in [-0.15, -0.1) is 12.4 Å². The molecule has 2 saturated heterocycles. The third-order valence-corrected chi connectivity index (χ3v) is 6.21. The van der Waals surface area contributed by atoms with Crippen LogP contribution in [-0.2, 0) is 10.0 Å². The number of halogens is 1. The number of piperidine rings is 1. The molecule has 2 aliphatic rings. The first-order valence-corrected chi connectivity index (χ1v) is 8.29. The Balaban J connectivity index is 0.00000147. The topological polar surface area (TPSA) is 49.4 Å². The molecule has 3 rings (SSSR count). The lowest BCUT2D eigenvalue weighted by molar-refractivity contribution is 0.228. The van der Waals surface area contributed by atoms with Crippen LogP contribution in [0.1, 0.15) is 12.0 Å². The van der Waals surface area contributed by atoms with Crippen molar-refractivity contribution >= 4 is 22.4 Å². The van der Waals surface area contributed by atoms with Crippen molar-refractivity contribution in [1.29, 1.82) is 0 Å². The highest BCUT2D eigenvalue weighted by Gasteiger charge is 2.37. The van der Waals surface area contributed by atoms with Gasteiger partial charge >= 0.3 is 0 Å². The molecule has 1 aromatic carbocycles. The van der Waals surface area contributed by atoms with Crippen LogP contribution in [-0.4, -0.2) is 38.9 Å². The first-order chi connectivity index (χ1) is 9.07. The lowest BCUT2D eigenvalue weighted by atomic mass is 9.90. The van der Waals surface area contributed by atoms with Gasteiger partial charge in [0.05, 0.1) is 4.90 Å². The number of hydrogen-bond acceptors (Lipinski definition) is 3. The summed E-state index contributed by atoms with van der Waals surface area (Å²) in [7, 11) is -3.31. The predicted molar refractivity (Wildman–Crippen MR) is 81.7 cm³/mol. The summed E-state index contributed by atoms with van der Waals surface area (Å²) in [5, 5.41) is 3.36. The summed E-state index contributed by atoms with van der Waals surface area (Å²) in [5.41, 5.74) is 1.08. The van der Waals surface area contributed by atoms with Gasteiger partial charge in [0, 0.05) is 13.1 Å². The second-order valence-corrected chi connectivity index (χ2v) is 7.58. The minimum absolute atomic E-state index is 0. The number of sulfonamides is 1. The molecule has 4 nitrogen and oxygen atoms in total. The third kappa shape index (κ3) is 2.86. The van der Waals surface area contributed by atoms with Gasteiger partial charge in [0.15, 0.2) is 0 Å². The van der Waals surface area contributed by atoms with E-state index in [2.05, 4.69) is 5.32 Å². The first-order valence-electron chi connectivity index (χ1n) is 6.85. The predicted octanol–water partition coefficient (Wildman–Crippen LogP) is 1.65. The number of rotatable bonds is 2. The summed E-state index contributed by atoms with van der Waals surface area (Å²) < 4.78 is 26.8. The fourth-order valence-electron chi connectivity index (χ4n) is 3.08. The van der Waals surface area contributed by atoms with Gasteiger partial charge in [-0.3, -0.25) is 0 Å². The zero-order chi connectivity index (χ0) is 13.5. The fourth-order valence-corrected chi connectivity index (χ4v) is 4.59. The molecule has 0 bridgehead atoms. The quantitative estimate of drug-likeness (QED) is 0.902. The van der Waals surface area contributed by atoms with Crippen LogP contribution < -0.4 is 5.32 Å². The lowest BCUT2D eigenvalue weighted by Crippen LogP contribution is -2.43. The molecule has 112 valence electrons. The molecule has 20 heavy (non-hydrogen) atoms. The van der Waals surface area contributed by atoms with Crippen molar-refractivity contribution < 1.29 is 8.42 Å². The Labute approximate surface area is 127 Å². The molecular weight excluding hydrogens is 296 g/mol. The minimum atomic E-state index is -3.31. The highest BCUT2D eigenvalue weighted by molar-refractivity contribution is 7.89. The molecule has 0 saturated carbocycles. The molecule has 2 aliphatic heterocycles. The van der Waals surface area contributed by atoms with Gasteiger partial charge in [-0.25, -0.2) is 8.42 Å². The molecule has 0 radical (unpaired) electrons. The summed E-state index contributed by atoms with van der Waals surface area (Å²) in [6.07, 6.45) is 0.975. The molecule has 2 atom stereocenters. The molecule has 0 amide bonds. The van der Waals surface area contributed by atoms with Crippen molar-refractivity contribution in [2.75, 3.05) is 26.2 Å². The largest absolute Gasteiger partial charge is 0.316 e. The van der Waals surface area contributed by atoms with E-state index in [0.29, 0.717) is 29.8 Å². The average Bonchev–Trinajstić information content (AvgIpc) is 2.86. The van der Waals surface area contributed by atoms with Gasteiger partial charge in [0.2, 0.25) is 10.0 Å². The zero-order valence-electron chi connectivity index (χ0n) is 11.6. The van der Waals surface area contributed by atoms with Crippen molar-refractivity contribution in [2.45, 2.75) is 18.2 Å². The molecule has 0 spiro atoms. The van der Waals surface area contributed by atoms with Crippen molar-refractivity contribution in [1.82, 2.24) is 9.62 Å². The second kappa shape index (κ2) is 6.02. The van der Waals surface area contributed by atoms with Gasteiger partial charge in [-0.2, -0.15) is 4.31 Å². The molecule has 1 N–H and O–H groups in total. The molecular formula is C14H21ClN2O2S. The summed E-state index contributed by atoms with van der Waals surface area (Å²) in [5.74, 6) is 1.14. The number of hydrogen-bond donors (Lipinski definition) is 1. The number of benzene rings is 1. The minimum Gasteiger partial charge on any atom is -0.316 e. The summed E-state index contributed by atoms with van der Waals surface area (Å²) in [6, 6.07) is 7.14. The van der Waals surface area contributed by atoms with Crippen LogP contribution in [0.4, 0.5) is 0 Å². The van der Waals surface area contributed by atoms with Crippen molar-refractivity contribution in [3.8, 4) is 0 Å². The maximum absolute atomic E-state index is 12.6. The van der Waals surface area contributed by atoms with E-state index < -0.39 is 10.0 Å².